The lowest BCUT2D eigenvalue weighted by atomic mass is 9.95. The van der Waals surface area contributed by atoms with Gasteiger partial charge in [-0.2, -0.15) is 13.2 Å². The second-order valence-corrected chi connectivity index (χ2v) is 11.8. The van der Waals surface area contributed by atoms with Crippen molar-refractivity contribution in [2.75, 3.05) is 0 Å². The minimum atomic E-state index is -4.42. The molecular formula is C41H25F3N2. The molecular weight excluding hydrogens is 577 g/mol. The van der Waals surface area contributed by atoms with E-state index in [2.05, 4.69) is 91.0 Å². The van der Waals surface area contributed by atoms with E-state index < -0.39 is 11.7 Å². The van der Waals surface area contributed by atoms with Crippen molar-refractivity contribution in [3.63, 3.8) is 0 Å². The van der Waals surface area contributed by atoms with Gasteiger partial charge in [0.15, 0.2) is 0 Å². The van der Waals surface area contributed by atoms with Crippen molar-refractivity contribution in [2.45, 2.75) is 12.6 Å². The maximum Gasteiger partial charge on any atom is 0.416 e. The molecule has 0 radical (unpaired) electrons. The maximum atomic E-state index is 13.6. The van der Waals surface area contributed by atoms with Crippen LogP contribution in [0.1, 0.15) is 16.7 Å². The van der Waals surface area contributed by atoms with Crippen molar-refractivity contribution in [1.82, 2.24) is 9.55 Å². The molecule has 0 fully saturated rings. The Balaban J connectivity index is 1.26. The van der Waals surface area contributed by atoms with Gasteiger partial charge >= 0.3 is 6.18 Å². The van der Waals surface area contributed by atoms with Crippen LogP contribution < -0.4 is 0 Å². The Morgan fingerprint density at radius 3 is 1.85 bits per heavy atom. The minimum absolute atomic E-state index is 0.619. The first-order valence-electron chi connectivity index (χ1n) is 15.3. The van der Waals surface area contributed by atoms with Crippen molar-refractivity contribution in [3.8, 4) is 39.3 Å². The fourth-order valence-electron chi connectivity index (χ4n) is 7.18. The molecule has 2 nitrogen and oxygen atoms in total. The maximum absolute atomic E-state index is 13.6. The van der Waals surface area contributed by atoms with Crippen LogP contribution in [0, 0.1) is 0 Å². The van der Waals surface area contributed by atoms with Crippen LogP contribution in [-0.4, -0.2) is 9.55 Å². The molecule has 0 bridgehead atoms. The molecule has 0 aliphatic heterocycles. The van der Waals surface area contributed by atoms with Crippen molar-refractivity contribution in [2.24, 2.45) is 0 Å². The van der Waals surface area contributed by atoms with Crippen LogP contribution >= 0.6 is 0 Å². The number of fused-ring (bicyclic) bond motifs is 9. The van der Waals surface area contributed by atoms with Crippen molar-refractivity contribution in [3.05, 3.63) is 156 Å². The third kappa shape index (κ3) is 4.01. The van der Waals surface area contributed by atoms with Crippen LogP contribution in [0.5, 0.6) is 0 Å². The summed E-state index contributed by atoms with van der Waals surface area (Å²) in [5.41, 5.74) is 10.0. The number of nitrogens with zero attached hydrogens (tertiary/aromatic N) is 2. The molecule has 0 unspecified atom stereocenters. The zero-order valence-electron chi connectivity index (χ0n) is 24.5. The molecule has 46 heavy (non-hydrogen) atoms. The summed E-state index contributed by atoms with van der Waals surface area (Å²) in [7, 11) is 0. The predicted octanol–water partition coefficient (Wildman–Crippen LogP) is 11.3. The van der Waals surface area contributed by atoms with E-state index in [1.807, 2.05) is 28.8 Å². The van der Waals surface area contributed by atoms with E-state index in [4.69, 9.17) is 4.98 Å². The van der Waals surface area contributed by atoms with Gasteiger partial charge in [-0.15, -0.1) is 0 Å². The van der Waals surface area contributed by atoms with Gasteiger partial charge in [0.1, 0.15) is 5.82 Å². The number of halogens is 3. The zero-order chi connectivity index (χ0) is 31.0. The summed E-state index contributed by atoms with van der Waals surface area (Å²) in [5, 5.41) is 4.15. The van der Waals surface area contributed by atoms with Gasteiger partial charge < -0.3 is 0 Å². The molecule has 7 aromatic carbocycles. The Kier molecular flexibility index (Phi) is 5.75. The van der Waals surface area contributed by atoms with Crippen LogP contribution in [0.3, 0.4) is 0 Å². The van der Waals surface area contributed by atoms with Gasteiger partial charge in [0.2, 0.25) is 0 Å². The molecule has 0 spiro atoms. The highest BCUT2D eigenvalue weighted by Crippen LogP contribution is 2.43. The molecule has 1 aliphatic rings. The van der Waals surface area contributed by atoms with Crippen LogP contribution in [0.25, 0.3) is 71.9 Å². The highest BCUT2D eigenvalue weighted by Gasteiger charge is 2.30. The number of benzene rings is 7. The Morgan fingerprint density at radius 2 is 1.11 bits per heavy atom. The van der Waals surface area contributed by atoms with E-state index in [0.29, 0.717) is 11.5 Å². The molecule has 1 heterocycles. The first-order chi connectivity index (χ1) is 22.5. The van der Waals surface area contributed by atoms with Crippen LogP contribution in [0.2, 0.25) is 0 Å². The summed E-state index contributed by atoms with van der Waals surface area (Å²) in [6, 6.07) is 45.1. The first-order valence-corrected chi connectivity index (χ1v) is 15.3. The number of hydrogen-bond acceptors (Lipinski definition) is 1. The fraction of sp³-hybridized carbons (Fsp3) is 0.0488. The van der Waals surface area contributed by atoms with Crippen molar-refractivity contribution in [1.29, 1.82) is 0 Å². The number of imidazole rings is 1. The topological polar surface area (TPSA) is 17.8 Å². The van der Waals surface area contributed by atoms with E-state index in [1.54, 1.807) is 0 Å². The van der Waals surface area contributed by atoms with Crippen molar-refractivity contribution < 1.29 is 13.2 Å². The van der Waals surface area contributed by atoms with E-state index >= 15 is 0 Å². The standard InChI is InChI=1S/C41H25F3N2/c42-41(43,44)28-20-22-29(23-21-28)46-39-36-13-6-4-11-34(36)33-10-3-5-12-35(33)38(39)45-40(46)26-18-16-25(17-19-26)30-14-7-15-32-31-9-2-1-8-27(31)24-37(30)32/h1-23H,24H2. The van der Waals surface area contributed by atoms with E-state index in [0.717, 1.165) is 62.3 Å². The average molecular weight is 603 g/mol. The van der Waals surface area contributed by atoms with Crippen molar-refractivity contribution >= 4 is 32.6 Å². The molecule has 5 heteroatoms. The summed E-state index contributed by atoms with van der Waals surface area (Å²) in [4.78, 5) is 5.24. The van der Waals surface area contributed by atoms with Crippen LogP contribution in [-0.2, 0) is 12.6 Å². The zero-order valence-corrected chi connectivity index (χ0v) is 24.5. The molecule has 1 aromatic heterocycles. The quantitative estimate of drug-likeness (QED) is 0.184. The van der Waals surface area contributed by atoms with E-state index in [-0.39, 0.29) is 0 Å². The van der Waals surface area contributed by atoms with Gasteiger partial charge in [-0.3, -0.25) is 4.57 Å². The Hall–Kier alpha value is -5.68. The predicted molar refractivity (Wildman–Crippen MR) is 180 cm³/mol. The molecule has 0 amide bonds. The molecule has 0 N–H and O–H groups in total. The number of aromatic nitrogens is 2. The Bertz CT molecular complexity index is 2470. The summed E-state index contributed by atoms with van der Waals surface area (Å²) < 4.78 is 42.7. The van der Waals surface area contributed by atoms with Gasteiger partial charge in [0.05, 0.1) is 16.6 Å². The summed E-state index contributed by atoms with van der Waals surface area (Å²) in [6.07, 6.45) is -3.52. The third-order valence-corrected chi connectivity index (χ3v) is 9.29. The largest absolute Gasteiger partial charge is 0.416 e. The smallest absolute Gasteiger partial charge is 0.292 e. The van der Waals surface area contributed by atoms with Gasteiger partial charge in [0, 0.05) is 22.0 Å². The average Bonchev–Trinajstić information content (AvgIpc) is 3.68. The highest BCUT2D eigenvalue weighted by molar-refractivity contribution is 6.24. The lowest BCUT2D eigenvalue weighted by molar-refractivity contribution is -0.137. The fourth-order valence-corrected chi connectivity index (χ4v) is 7.18. The normalized spacial score (nSPS) is 12.6. The lowest BCUT2D eigenvalue weighted by Crippen LogP contribution is -2.05. The Morgan fingerprint density at radius 1 is 0.522 bits per heavy atom. The molecule has 0 saturated heterocycles. The summed E-state index contributed by atoms with van der Waals surface area (Å²) in [5.74, 6) is 0.675. The number of alkyl halides is 3. The van der Waals surface area contributed by atoms with E-state index in [9.17, 15) is 13.2 Å². The monoisotopic (exact) mass is 602 g/mol. The van der Waals surface area contributed by atoms with Gasteiger partial charge in [0.25, 0.3) is 0 Å². The molecule has 220 valence electrons. The second kappa shape index (κ2) is 9.91. The van der Waals surface area contributed by atoms with Crippen LogP contribution in [0.15, 0.2) is 140 Å². The summed E-state index contributed by atoms with van der Waals surface area (Å²) in [6.45, 7) is 0. The minimum Gasteiger partial charge on any atom is -0.292 e. The lowest BCUT2D eigenvalue weighted by Gasteiger charge is -2.14. The first kappa shape index (κ1) is 26.7. The SMILES string of the molecule is FC(F)(F)c1ccc(-n2c(-c3ccc(-c4cccc5c4Cc4ccccc4-5)cc3)nc3c4ccccc4c4ccccc4c32)cc1. The molecule has 9 rings (SSSR count). The van der Waals surface area contributed by atoms with E-state index in [1.165, 1.54) is 39.9 Å². The van der Waals surface area contributed by atoms with Crippen LogP contribution in [0.4, 0.5) is 13.2 Å². The van der Waals surface area contributed by atoms with Gasteiger partial charge in [-0.25, -0.2) is 4.98 Å². The number of rotatable bonds is 3. The summed E-state index contributed by atoms with van der Waals surface area (Å²) >= 11 is 0. The number of hydrogen-bond donors (Lipinski definition) is 0. The Labute approximate surface area is 263 Å². The highest BCUT2D eigenvalue weighted by atomic mass is 19.4. The molecule has 8 aromatic rings. The molecule has 0 saturated carbocycles. The molecule has 0 atom stereocenters. The second-order valence-electron chi connectivity index (χ2n) is 11.8. The van der Waals surface area contributed by atoms with Gasteiger partial charge in [-0.05, 0) is 74.8 Å². The molecule has 1 aliphatic carbocycles. The third-order valence-electron chi connectivity index (χ3n) is 9.29. The van der Waals surface area contributed by atoms with Gasteiger partial charge in [-0.1, -0.05) is 115 Å².